The number of nitrogens with one attached hydrogen (secondary N) is 1. The van der Waals surface area contributed by atoms with E-state index in [4.69, 9.17) is 4.74 Å². The molecule has 4 aromatic rings. The quantitative estimate of drug-likeness (QED) is 0.504. The minimum atomic E-state index is -0.330. The van der Waals surface area contributed by atoms with E-state index in [-0.39, 0.29) is 5.56 Å². The van der Waals surface area contributed by atoms with E-state index in [2.05, 4.69) is 15.3 Å². The fourth-order valence-corrected chi connectivity index (χ4v) is 2.96. The van der Waals surface area contributed by atoms with Gasteiger partial charge in [0.05, 0.1) is 18.4 Å². The number of aromatic nitrogens is 3. The van der Waals surface area contributed by atoms with Gasteiger partial charge in [-0.05, 0) is 29.8 Å². The number of para-hydroxylation sites is 1. The molecule has 28 heavy (non-hydrogen) atoms. The average molecular weight is 372 g/mol. The van der Waals surface area contributed by atoms with E-state index in [1.54, 1.807) is 6.33 Å². The maximum atomic E-state index is 12.2. The second-order valence-electron chi connectivity index (χ2n) is 6.32. The molecule has 1 N–H and O–H groups in total. The van der Waals surface area contributed by atoms with Crippen molar-refractivity contribution in [3.63, 3.8) is 0 Å². The van der Waals surface area contributed by atoms with Gasteiger partial charge in [-0.2, -0.15) is 4.98 Å². The summed E-state index contributed by atoms with van der Waals surface area (Å²) in [5.41, 5.74) is 1.92. The largest absolute Gasteiger partial charge is 0.492 e. The lowest BCUT2D eigenvalue weighted by atomic mass is 10.2. The summed E-state index contributed by atoms with van der Waals surface area (Å²) in [6.45, 7) is 1.70. The molecule has 2 aromatic carbocycles. The molecular weight excluding hydrogens is 352 g/mol. The predicted molar refractivity (Wildman–Crippen MR) is 110 cm³/mol. The van der Waals surface area contributed by atoms with Gasteiger partial charge in [-0.1, -0.05) is 48.5 Å². The van der Waals surface area contributed by atoms with Crippen LogP contribution in [0.3, 0.4) is 0 Å². The Balaban J connectivity index is 1.47. The van der Waals surface area contributed by atoms with Gasteiger partial charge in [0, 0.05) is 6.54 Å². The first-order valence-electron chi connectivity index (χ1n) is 9.11. The monoisotopic (exact) mass is 372 g/mol. The number of hydrogen-bond donors (Lipinski definition) is 1. The number of fused-ring (bicyclic) bond motifs is 1. The van der Waals surface area contributed by atoms with Crippen molar-refractivity contribution in [2.24, 2.45) is 0 Å². The van der Waals surface area contributed by atoms with Crippen molar-refractivity contribution in [1.29, 1.82) is 0 Å². The molecule has 0 fully saturated rings. The summed E-state index contributed by atoms with van der Waals surface area (Å²) in [6.07, 6.45) is 1.57. The number of hydrogen-bond acceptors (Lipinski definition) is 5. The van der Waals surface area contributed by atoms with Crippen LogP contribution in [0, 0.1) is 0 Å². The van der Waals surface area contributed by atoms with Crippen LogP contribution in [0.5, 0.6) is 5.75 Å². The molecular formula is C22H20N4O2. The molecule has 0 aliphatic heterocycles. The number of pyridine rings is 1. The van der Waals surface area contributed by atoms with E-state index in [9.17, 15) is 4.79 Å². The Kier molecular flexibility index (Phi) is 5.29. The first-order chi connectivity index (χ1) is 13.8. The van der Waals surface area contributed by atoms with E-state index in [1.165, 1.54) is 0 Å². The molecule has 0 amide bonds. The van der Waals surface area contributed by atoms with Gasteiger partial charge in [-0.3, -0.25) is 4.79 Å². The normalized spacial score (nSPS) is 10.7. The molecule has 2 heterocycles. The number of benzene rings is 2. The topological polar surface area (TPSA) is 69.0 Å². The van der Waals surface area contributed by atoms with Crippen LogP contribution in [0.2, 0.25) is 0 Å². The smallest absolute Gasteiger partial charge is 0.299 e. The second kappa shape index (κ2) is 8.35. The summed E-state index contributed by atoms with van der Waals surface area (Å²) >= 11 is 0. The minimum Gasteiger partial charge on any atom is -0.492 e. The summed E-state index contributed by atoms with van der Waals surface area (Å²) < 4.78 is 7.59. The van der Waals surface area contributed by atoms with E-state index in [0.717, 1.165) is 16.8 Å². The maximum absolute atomic E-state index is 12.2. The minimum absolute atomic E-state index is 0.330. The van der Waals surface area contributed by atoms with Crippen LogP contribution in [-0.4, -0.2) is 27.7 Å². The molecule has 0 radical (unpaired) electrons. The van der Waals surface area contributed by atoms with E-state index >= 15 is 0 Å². The third-order valence-corrected chi connectivity index (χ3v) is 4.32. The van der Waals surface area contributed by atoms with Crippen molar-refractivity contribution >= 4 is 16.9 Å². The van der Waals surface area contributed by atoms with E-state index < -0.39 is 0 Å². The zero-order valence-electron chi connectivity index (χ0n) is 15.3. The highest BCUT2D eigenvalue weighted by atomic mass is 16.5. The fraction of sp³-hybridized carbons (Fsp3) is 0.136. The Labute approximate surface area is 162 Å². The highest BCUT2D eigenvalue weighted by Crippen LogP contribution is 2.14. The molecule has 0 spiro atoms. The Morgan fingerprint density at radius 2 is 1.68 bits per heavy atom. The van der Waals surface area contributed by atoms with Gasteiger partial charge in [0.1, 0.15) is 18.2 Å². The molecule has 0 unspecified atom stereocenters. The molecule has 0 saturated heterocycles. The van der Waals surface area contributed by atoms with Gasteiger partial charge in [0.25, 0.3) is 5.56 Å². The van der Waals surface area contributed by atoms with Crippen molar-refractivity contribution in [1.82, 2.24) is 14.5 Å². The summed E-state index contributed by atoms with van der Waals surface area (Å²) in [4.78, 5) is 20.6. The number of nitrogens with zero attached hydrogens (tertiary/aromatic N) is 3. The van der Waals surface area contributed by atoms with Crippen LogP contribution in [0.15, 0.2) is 83.9 Å². The van der Waals surface area contributed by atoms with Crippen LogP contribution in [0.4, 0.5) is 5.82 Å². The third kappa shape index (κ3) is 4.17. The molecule has 4 rings (SSSR count). The van der Waals surface area contributed by atoms with Gasteiger partial charge in [0.2, 0.25) is 0 Å². The van der Waals surface area contributed by atoms with Crippen molar-refractivity contribution in [3.8, 4) is 5.75 Å². The lowest BCUT2D eigenvalue weighted by molar-refractivity contribution is 0.333. The Hall–Kier alpha value is -3.67. The average Bonchev–Trinajstić information content (AvgIpc) is 2.75. The molecule has 0 aliphatic rings. The van der Waals surface area contributed by atoms with Crippen molar-refractivity contribution in [3.05, 3.63) is 95.0 Å². The van der Waals surface area contributed by atoms with E-state index in [0.29, 0.717) is 31.0 Å². The van der Waals surface area contributed by atoms with Crippen molar-refractivity contribution in [2.75, 3.05) is 18.5 Å². The Morgan fingerprint density at radius 3 is 2.46 bits per heavy atom. The summed E-state index contributed by atoms with van der Waals surface area (Å²) in [7, 11) is 0. The van der Waals surface area contributed by atoms with Gasteiger partial charge < -0.3 is 14.6 Å². The summed E-state index contributed by atoms with van der Waals surface area (Å²) in [5, 5.41) is 3.19. The van der Waals surface area contributed by atoms with Gasteiger partial charge in [-0.25, -0.2) is 4.98 Å². The SMILES string of the molecule is O=c1ncn(Cc2ccccc2)c2ccc(NCCOc3ccccc3)nc12. The number of rotatable bonds is 7. The molecule has 2 aromatic heterocycles. The van der Waals surface area contributed by atoms with Crippen molar-refractivity contribution in [2.45, 2.75) is 6.54 Å². The molecule has 140 valence electrons. The number of anilines is 1. The highest BCUT2D eigenvalue weighted by Gasteiger charge is 2.07. The van der Waals surface area contributed by atoms with Crippen LogP contribution in [-0.2, 0) is 6.54 Å². The van der Waals surface area contributed by atoms with Gasteiger partial charge >= 0.3 is 0 Å². The van der Waals surface area contributed by atoms with Crippen LogP contribution in [0.25, 0.3) is 11.0 Å². The van der Waals surface area contributed by atoms with Gasteiger partial charge in [-0.15, -0.1) is 0 Å². The standard InChI is InChI=1S/C22H20N4O2/c27-22-21-19(26(16-24-22)15-17-7-3-1-4-8-17)11-12-20(25-21)23-13-14-28-18-9-5-2-6-10-18/h1-12,16H,13-15H2,(H,23,25). The summed E-state index contributed by atoms with van der Waals surface area (Å²) in [5.74, 6) is 1.45. The molecule has 0 bridgehead atoms. The molecule has 0 saturated carbocycles. The zero-order chi connectivity index (χ0) is 19.2. The maximum Gasteiger partial charge on any atom is 0.299 e. The summed E-state index contributed by atoms with van der Waals surface area (Å²) in [6, 6.07) is 23.4. The number of ether oxygens (including phenoxy) is 1. The molecule has 6 nitrogen and oxygen atoms in total. The molecule has 0 aliphatic carbocycles. The highest BCUT2D eigenvalue weighted by molar-refractivity contribution is 5.75. The first-order valence-corrected chi connectivity index (χ1v) is 9.11. The van der Waals surface area contributed by atoms with Crippen molar-refractivity contribution < 1.29 is 4.74 Å². The van der Waals surface area contributed by atoms with Crippen LogP contribution < -0.4 is 15.6 Å². The molecule has 6 heteroatoms. The lowest BCUT2D eigenvalue weighted by Crippen LogP contribution is -2.16. The van der Waals surface area contributed by atoms with Crippen LogP contribution >= 0.6 is 0 Å². The second-order valence-corrected chi connectivity index (χ2v) is 6.32. The first kappa shape index (κ1) is 17.7. The fourth-order valence-electron chi connectivity index (χ4n) is 2.96. The van der Waals surface area contributed by atoms with Gasteiger partial charge in [0.15, 0.2) is 5.52 Å². The molecule has 0 atom stereocenters. The Morgan fingerprint density at radius 1 is 0.929 bits per heavy atom. The van der Waals surface area contributed by atoms with Crippen LogP contribution in [0.1, 0.15) is 5.56 Å². The lowest BCUT2D eigenvalue weighted by Gasteiger charge is -2.12. The predicted octanol–water partition coefficient (Wildman–Crippen LogP) is 3.33. The third-order valence-electron chi connectivity index (χ3n) is 4.32. The Bertz CT molecular complexity index is 1110. The van der Waals surface area contributed by atoms with E-state index in [1.807, 2.05) is 77.4 Å². The zero-order valence-corrected chi connectivity index (χ0v) is 15.3.